The van der Waals surface area contributed by atoms with Crippen molar-refractivity contribution in [2.45, 2.75) is 13.3 Å². The third-order valence-electron chi connectivity index (χ3n) is 2.40. The molecule has 0 aromatic carbocycles. The number of pyridine rings is 1. The average molecular weight is 223 g/mol. The first-order valence-electron chi connectivity index (χ1n) is 4.69. The van der Waals surface area contributed by atoms with Crippen LogP contribution in [0.2, 0.25) is 0 Å². The highest BCUT2D eigenvalue weighted by molar-refractivity contribution is 6.31. The van der Waals surface area contributed by atoms with E-state index in [-0.39, 0.29) is 5.56 Å². The maximum atomic E-state index is 11.5. The number of allylic oxidation sites excluding steroid dienone is 1. The summed E-state index contributed by atoms with van der Waals surface area (Å²) in [6.45, 7) is 1.80. The van der Waals surface area contributed by atoms with E-state index in [4.69, 9.17) is 11.6 Å². The van der Waals surface area contributed by atoms with Gasteiger partial charge in [-0.2, -0.15) is 0 Å². The topological polar surface area (TPSA) is 34.4 Å². The van der Waals surface area contributed by atoms with Crippen molar-refractivity contribution in [3.8, 4) is 0 Å². The van der Waals surface area contributed by atoms with Gasteiger partial charge >= 0.3 is 0 Å². The molecule has 0 saturated carbocycles. The van der Waals surface area contributed by atoms with Gasteiger partial charge in [0.2, 0.25) is 0 Å². The highest BCUT2D eigenvalue weighted by Gasteiger charge is 2.11. The lowest BCUT2D eigenvalue weighted by Crippen LogP contribution is -2.20. The fourth-order valence-corrected chi connectivity index (χ4v) is 1.80. The molecule has 1 aromatic rings. The van der Waals surface area contributed by atoms with Gasteiger partial charge in [0, 0.05) is 30.8 Å². The van der Waals surface area contributed by atoms with Crippen LogP contribution in [0.1, 0.15) is 17.5 Å². The number of halogens is 1. The molecule has 0 fully saturated rings. The highest BCUT2D eigenvalue weighted by Crippen LogP contribution is 2.18. The summed E-state index contributed by atoms with van der Waals surface area (Å²) in [6.07, 6.45) is 4.38. The zero-order valence-corrected chi connectivity index (χ0v) is 9.38. The van der Waals surface area contributed by atoms with Gasteiger partial charge in [-0.3, -0.25) is 4.79 Å². The van der Waals surface area contributed by atoms with Gasteiger partial charge in [-0.15, -0.1) is 0 Å². The molecule has 0 bridgehead atoms. The summed E-state index contributed by atoms with van der Waals surface area (Å²) in [6, 6.07) is 1.85. The Morgan fingerprint density at radius 1 is 1.53 bits per heavy atom. The fourth-order valence-electron chi connectivity index (χ4n) is 1.62. The summed E-state index contributed by atoms with van der Waals surface area (Å²) >= 11 is 5.77. The highest BCUT2D eigenvalue weighted by atomic mass is 35.5. The van der Waals surface area contributed by atoms with Crippen molar-refractivity contribution in [1.29, 1.82) is 0 Å². The van der Waals surface area contributed by atoms with Crippen molar-refractivity contribution in [3.05, 3.63) is 45.0 Å². The van der Waals surface area contributed by atoms with Gasteiger partial charge in [-0.1, -0.05) is 11.6 Å². The SMILES string of the molecule is Cc1cc(C2=NC(Cl)=CC2)cn(C)c1=O. The first-order chi connectivity index (χ1) is 7.08. The Morgan fingerprint density at radius 3 is 2.80 bits per heavy atom. The van der Waals surface area contributed by atoms with Crippen molar-refractivity contribution in [3.63, 3.8) is 0 Å². The standard InChI is InChI=1S/C11H11ClN2O/c1-7-5-8(6-14(2)11(7)15)9-3-4-10(12)13-9/h4-6H,3H2,1-2H3. The van der Waals surface area contributed by atoms with Crippen molar-refractivity contribution in [2.75, 3.05) is 0 Å². The summed E-state index contributed by atoms with van der Waals surface area (Å²) < 4.78 is 1.57. The van der Waals surface area contributed by atoms with Crippen LogP contribution in [0.3, 0.4) is 0 Å². The molecule has 0 amide bonds. The summed E-state index contributed by atoms with van der Waals surface area (Å²) in [5, 5.41) is 0.525. The molecule has 2 rings (SSSR count). The first-order valence-corrected chi connectivity index (χ1v) is 5.06. The summed E-state index contributed by atoms with van der Waals surface area (Å²) in [7, 11) is 1.74. The lowest BCUT2D eigenvalue weighted by Gasteiger charge is -2.05. The van der Waals surface area contributed by atoms with Crippen molar-refractivity contribution in [1.82, 2.24) is 4.57 Å². The second-order valence-corrected chi connectivity index (χ2v) is 4.00. The molecule has 0 N–H and O–H groups in total. The number of rotatable bonds is 1. The lowest BCUT2D eigenvalue weighted by molar-refractivity contribution is 0.846. The molecule has 0 radical (unpaired) electrons. The van der Waals surface area contributed by atoms with Gasteiger partial charge in [0.15, 0.2) is 0 Å². The third kappa shape index (κ3) is 1.88. The molecular weight excluding hydrogens is 212 g/mol. The number of aliphatic imine (C=N–C) groups is 1. The van der Waals surface area contributed by atoms with Gasteiger partial charge in [0.1, 0.15) is 5.16 Å². The summed E-state index contributed by atoms with van der Waals surface area (Å²) in [5.41, 5.74) is 2.62. The van der Waals surface area contributed by atoms with Crippen LogP contribution in [-0.4, -0.2) is 10.3 Å². The van der Waals surface area contributed by atoms with E-state index < -0.39 is 0 Å². The molecule has 78 valence electrons. The van der Waals surface area contributed by atoms with Crippen molar-refractivity contribution >= 4 is 17.3 Å². The zero-order chi connectivity index (χ0) is 11.0. The van der Waals surface area contributed by atoms with Crippen molar-refractivity contribution in [2.24, 2.45) is 12.0 Å². The van der Waals surface area contributed by atoms with E-state index in [2.05, 4.69) is 4.99 Å². The quantitative estimate of drug-likeness (QED) is 0.669. The van der Waals surface area contributed by atoms with Crippen LogP contribution in [0.25, 0.3) is 0 Å². The van der Waals surface area contributed by atoms with Crippen LogP contribution in [0.5, 0.6) is 0 Å². The maximum absolute atomic E-state index is 11.5. The molecule has 1 aliphatic heterocycles. The number of hydrogen-bond acceptors (Lipinski definition) is 2. The van der Waals surface area contributed by atoms with Crippen LogP contribution >= 0.6 is 11.6 Å². The smallest absolute Gasteiger partial charge is 0.253 e. The van der Waals surface area contributed by atoms with Crippen LogP contribution in [-0.2, 0) is 7.05 Å². The van der Waals surface area contributed by atoms with E-state index in [9.17, 15) is 4.79 Å². The van der Waals surface area contributed by atoms with Crippen LogP contribution < -0.4 is 5.56 Å². The Bertz CT molecular complexity index is 500. The predicted molar refractivity (Wildman–Crippen MR) is 61.5 cm³/mol. The average Bonchev–Trinajstić information content (AvgIpc) is 2.60. The Morgan fingerprint density at radius 2 is 2.27 bits per heavy atom. The Kier molecular flexibility index (Phi) is 2.49. The normalized spacial score (nSPS) is 15.1. The zero-order valence-electron chi connectivity index (χ0n) is 8.62. The number of hydrogen-bond donors (Lipinski definition) is 0. The molecule has 0 unspecified atom stereocenters. The van der Waals surface area contributed by atoms with Crippen LogP contribution in [0.15, 0.2) is 33.3 Å². The Labute approximate surface area is 92.7 Å². The molecule has 15 heavy (non-hydrogen) atoms. The molecule has 0 aliphatic carbocycles. The molecule has 1 aliphatic rings. The van der Waals surface area contributed by atoms with Crippen molar-refractivity contribution < 1.29 is 0 Å². The second kappa shape index (κ2) is 3.66. The number of aryl methyl sites for hydroxylation is 2. The van der Waals surface area contributed by atoms with E-state index in [1.54, 1.807) is 24.7 Å². The maximum Gasteiger partial charge on any atom is 0.253 e. The molecule has 0 spiro atoms. The van der Waals surface area contributed by atoms with Crippen LogP contribution in [0.4, 0.5) is 0 Å². The van der Waals surface area contributed by atoms with E-state index in [0.717, 1.165) is 23.3 Å². The Balaban J connectivity index is 2.48. The largest absolute Gasteiger partial charge is 0.318 e. The summed E-state index contributed by atoms with van der Waals surface area (Å²) in [4.78, 5) is 15.7. The fraction of sp³-hybridized carbons (Fsp3) is 0.273. The molecule has 4 heteroatoms. The molecule has 2 heterocycles. The predicted octanol–water partition coefficient (Wildman–Crippen LogP) is 1.97. The molecule has 1 aromatic heterocycles. The lowest BCUT2D eigenvalue weighted by atomic mass is 10.1. The molecule has 0 saturated heterocycles. The minimum Gasteiger partial charge on any atom is -0.318 e. The van der Waals surface area contributed by atoms with E-state index in [1.165, 1.54) is 0 Å². The van der Waals surface area contributed by atoms with Gasteiger partial charge in [0.25, 0.3) is 5.56 Å². The van der Waals surface area contributed by atoms with Gasteiger partial charge in [-0.25, -0.2) is 4.99 Å². The summed E-state index contributed by atoms with van der Waals surface area (Å²) in [5.74, 6) is 0. The number of aromatic nitrogens is 1. The minimum absolute atomic E-state index is 0.0244. The molecule has 3 nitrogen and oxygen atoms in total. The van der Waals surface area contributed by atoms with E-state index in [0.29, 0.717) is 5.16 Å². The van der Waals surface area contributed by atoms with Gasteiger partial charge in [0.05, 0.1) is 5.71 Å². The molecule has 0 atom stereocenters. The third-order valence-corrected chi connectivity index (χ3v) is 2.64. The number of nitrogens with zero attached hydrogens (tertiary/aromatic N) is 2. The minimum atomic E-state index is 0.0244. The van der Waals surface area contributed by atoms with Gasteiger partial charge in [-0.05, 0) is 19.1 Å². The first kappa shape index (κ1) is 10.2. The van der Waals surface area contributed by atoms with Gasteiger partial charge < -0.3 is 4.57 Å². The van der Waals surface area contributed by atoms with E-state index >= 15 is 0 Å². The van der Waals surface area contributed by atoms with E-state index in [1.807, 2.05) is 12.1 Å². The van der Waals surface area contributed by atoms with Crippen LogP contribution in [0, 0.1) is 6.92 Å². The monoisotopic (exact) mass is 222 g/mol. The molecular formula is C11H11ClN2O. The second-order valence-electron chi connectivity index (χ2n) is 3.62. The Hall–Kier alpha value is -1.35.